The molecule has 2 rings (SSSR count). The third-order valence-electron chi connectivity index (χ3n) is 3.18. The summed E-state index contributed by atoms with van der Waals surface area (Å²) in [5, 5.41) is 0.227. The Morgan fingerprint density at radius 1 is 1.20 bits per heavy atom. The van der Waals surface area contributed by atoms with Crippen molar-refractivity contribution in [1.29, 1.82) is 0 Å². The summed E-state index contributed by atoms with van der Waals surface area (Å²) in [4.78, 5) is 10.5. The van der Waals surface area contributed by atoms with Crippen molar-refractivity contribution in [2.45, 2.75) is 33.4 Å². The second-order valence-corrected chi connectivity index (χ2v) is 5.36. The fraction of sp³-hybridized carbons (Fsp3) is 0.333. The van der Waals surface area contributed by atoms with Crippen LogP contribution in [0.15, 0.2) is 30.3 Å². The summed E-state index contributed by atoms with van der Waals surface area (Å²) in [6.45, 7) is 6.78. The predicted octanol–water partition coefficient (Wildman–Crippen LogP) is 3.44. The third-order valence-corrected chi connectivity index (χ3v) is 3.35. The largest absolute Gasteiger partial charge is 0.394 e. The molecule has 2 N–H and O–H groups in total. The van der Waals surface area contributed by atoms with Gasteiger partial charge in [-0.15, -0.1) is 0 Å². The summed E-state index contributed by atoms with van der Waals surface area (Å²) < 4.78 is 0. The summed E-state index contributed by atoms with van der Waals surface area (Å²) in [6.07, 6.45) is 0. The van der Waals surface area contributed by atoms with E-state index in [0.717, 1.165) is 6.54 Å². The number of halogens is 1. The van der Waals surface area contributed by atoms with Gasteiger partial charge in [-0.05, 0) is 37.9 Å². The lowest BCUT2D eigenvalue weighted by Gasteiger charge is -2.29. The lowest BCUT2D eigenvalue weighted by Crippen LogP contribution is -2.32. The SMILES string of the molecule is Cc1nc(Cl)nc(N(Cc2ccccc2)C(C)C)c1N. The van der Waals surface area contributed by atoms with Gasteiger partial charge in [-0.2, -0.15) is 4.98 Å². The Hall–Kier alpha value is -1.81. The molecule has 1 aromatic carbocycles. The zero-order chi connectivity index (χ0) is 14.7. The van der Waals surface area contributed by atoms with Crippen molar-refractivity contribution in [2.24, 2.45) is 0 Å². The summed E-state index contributed by atoms with van der Waals surface area (Å²) in [5.74, 6) is 0.696. The number of benzene rings is 1. The van der Waals surface area contributed by atoms with E-state index in [1.807, 2.05) is 25.1 Å². The highest BCUT2D eigenvalue weighted by molar-refractivity contribution is 6.28. The first kappa shape index (κ1) is 14.6. The van der Waals surface area contributed by atoms with Crippen molar-refractivity contribution >= 4 is 23.1 Å². The van der Waals surface area contributed by atoms with Crippen molar-refractivity contribution in [2.75, 3.05) is 10.6 Å². The first-order valence-corrected chi connectivity index (χ1v) is 6.97. The van der Waals surface area contributed by atoms with Crippen LogP contribution in [0.3, 0.4) is 0 Å². The minimum Gasteiger partial charge on any atom is -0.394 e. The number of hydrogen-bond donors (Lipinski definition) is 1. The van der Waals surface area contributed by atoms with E-state index in [1.54, 1.807) is 0 Å². The molecule has 1 aromatic heterocycles. The first-order chi connectivity index (χ1) is 9.49. The van der Waals surface area contributed by atoms with Crippen molar-refractivity contribution in [1.82, 2.24) is 9.97 Å². The molecule has 0 radical (unpaired) electrons. The predicted molar refractivity (Wildman–Crippen MR) is 84.0 cm³/mol. The molecule has 0 aliphatic carbocycles. The van der Waals surface area contributed by atoms with Crippen molar-refractivity contribution in [3.8, 4) is 0 Å². The Morgan fingerprint density at radius 2 is 1.85 bits per heavy atom. The molecule has 0 spiro atoms. The monoisotopic (exact) mass is 290 g/mol. The van der Waals surface area contributed by atoms with Crippen LogP contribution in [0.1, 0.15) is 25.1 Å². The zero-order valence-corrected chi connectivity index (χ0v) is 12.7. The van der Waals surface area contributed by atoms with Crippen molar-refractivity contribution in [3.63, 3.8) is 0 Å². The topological polar surface area (TPSA) is 55.0 Å². The average Bonchev–Trinajstić information content (AvgIpc) is 2.41. The highest BCUT2D eigenvalue weighted by Gasteiger charge is 2.18. The Bertz CT molecular complexity index is 584. The summed E-state index contributed by atoms with van der Waals surface area (Å²) >= 11 is 5.97. The molecule has 0 atom stereocenters. The third kappa shape index (κ3) is 3.20. The van der Waals surface area contributed by atoms with E-state index < -0.39 is 0 Å². The minimum atomic E-state index is 0.227. The van der Waals surface area contributed by atoms with E-state index in [1.165, 1.54) is 5.56 Å². The molecule has 0 saturated heterocycles. The molecule has 0 aliphatic heterocycles. The van der Waals surface area contributed by atoms with Crippen LogP contribution in [-0.2, 0) is 6.54 Å². The molecule has 0 saturated carbocycles. The van der Waals surface area contributed by atoms with Crippen LogP contribution < -0.4 is 10.6 Å². The normalized spacial score (nSPS) is 10.8. The molecule has 20 heavy (non-hydrogen) atoms. The summed E-state index contributed by atoms with van der Waals surface area (Å²) in [5.41, 5.74) is 8.61. The van der Waals surface area contributed by atoms with Gasteiger partial charge in [0.05, 0.1) is 11.4 Å². The highest BCUT2D eigenvalue weighted by atomic mass is 35.5. The number of nitrogen functional groups attached to an aromatic ring is 1. The molecule has 0 aliphatic rings. The molecule has 5 heteroatoms. The van der Waals surface area contributed by atoms with Gasteiger partial charge < -0.3 is 10.6 Å². The van der Waals surface area contributed by atoms with Gasteiger partial charge in [-0.25, -0.2) is 4.98 Å². The number of nitrogens with zero attached hydrogens (tertiary/aromatic N) is 3. The van der Waals surface area contributed by atoms with E-state index in [-0.39, 0.29) is 11.3 Å². The van der Waals surface area contributed by atoms with Crippen LogP contribution in [0.2, 0.25) is 5.28 Å². The van der Waals surface area contributed by atoms with Crippen LogP contribution in [0.25, 0.3) is 0 Å². The first-order valence-electron chi connectivity index (χ1n) is 6.59. The summed E-state index contributed by atoms with van der Waals surface area (Å²) in [6, 6.07) is 10.5. The second kappa shape index (κ2) is 6.09. The van der Waals surface area contributed by atoms with E-state index in [0.29, 0.717) is 17.2 Å². The quantitative estimate of drug-likeness (QED) is 0.877. The minimum absolute atomic E-state index is 0.227. The maximum atomic E-state index is 6.12. The second-order valence-electron chi connectivity index (χ2n) is 5.02. The molecule has 4 nitrogen and oxygen atoms in total. The zero-order valence-electron chi connectivity index (χ0n) is 12.0. The molecular weight excluding hydrogens is 272 g/mol. The van der Waals surface area contributed by atoms with Gasteiger partial charge in [-0.1, -0.05) is 30.3 Å². The van der Waals surface area contributed by atoms with Crippen LogP contribution in [0.4, 0.5) is 11.5 Å². The van der Waals surface area contributed by atoms with Gasteiger partial charge in [0.1, 0.15) is 0 Å². The number of hydrogen-bond acceptors (Lipinski definition) is 4. The van der Waals surface area contributed by atoms with Gasteiger partial charge in [0, 0.05) is 12.6 Å². The standard InChI is InChI=1S/C15H19ClN4/c1-10(2)20(9-12-7-5-4-6-8-12)14-13(17)11(3)18-15(16)19-14/h4-8,10H,9,17H2,1-3H3. The lowest BCUT2D eigenvalue weighted by molar-refractivity contribution is 0.672. The average molecular weight is 291 g/mol. The number of anilines is 2. The maximum Gasteiger partial charge on any atom is 0.224 e. The Kier molecular flexibility index (Phi) is 4.45. The number of nitrogens with two attached hydrogens (primary N) is 1. The van der Waals surface area contributed by atoms with Crippen LogP contribution in [-0.4, -0.2) is 16.0 Å². The number of aryl methyl sites for hydroxylation is 1. The molecule has 0 fully saturated rings. The fourth-order valence-corrected chi connectivity index (χ4v) is 2.24. The Labute approximate surface area is 124 Å². The van der Waals surface area contributed by atoms with Gasteiger partial charge in [0.2, 0.25) is 5.28 Å². The van der Waals surface area contributed by atoms with Gasteiger partial charge in [0.15, 0.2) is 5.82 Å². The van der Waals surface area contributed by atoms with E-state index in [2.05, 4.69) is 40.8 Å². The molecule has 0 amide bonds. The van der Waals surface area contributed by atoms with Crippen LogP contribution in [0.5, 0.6) is 0 Å². The molecular formula is C15H19ClN4. The van der Waals surface area contributed by atoms with Crippen LogP contribution in [0, 0.1) is 6.92 Å². The maximum absolute atomic E-state index is 6.12. The van der Waals surface area contributed by atoms with Crippen LogP contribution >= 0.6 is 11.6 Å². The van der Waals surface area contributed by atoms with Gasteiger partial charge in [-0.3, -0.25) is 0 Å². The van der Waals surface area contributed by atoms with Gasteiger partial charge >= 0.3 is 0 Å². The molecule has 2 aromatic rings. The lowest BCUT2D eigenvalue weighted by atomic mass is 10.2. The smallest absolute Gasteiger partial charge is 0.224 e. The van der Waals surface area contributed by atoms with Gasteiger partial charge in [0.25, 0.3) is 0 Å². The fourth-order valence-electron chi connectivity index (χ4n) is 2.03. The molecule has 1 heterocycles. The summed E-state index contributed by atoms with van der Waals surface area (Å²) in [7, 11) is 0. The van der Waals surface area contributed by atoms with Crippen molar-refractivity contribution in [3.05, 3.63) is 46.9 Å². The Balaban J connectivity index is 2.39. The molecule has 106 valence electrons. The van der Waals surface area contributed by atoms with E-state index in [9.17, 15) is 0 Å². The molecule has 0 bridgehead atoms. The highest BCUT2D eigenvalue weighted by Crippen LogP contribution is 2.27. The van der Waals surface area contributed by atoms with E-state index in [4.69, 9.17) is 17.3 Å². The Morgan fingerprint density at radius 3 is 2.45 bits per heavy atom. The molecule has 0 unspecified atom stereocenters. The number of aromatic nitrogens is 2. The van der Waals surface area contributed by atoms with E-state index >= 15 is 0 Å². The van der Waals surface area contributed by atoms with Crippen molar-refractivity contribution < 1.29 is 0 Å². The number of rotatable bonds is 4.